The van der Waals surface area contributed by atoms with Crippen molar-refractivity contribution < 1.29 is 16.8 Å². The van der Waals surface area contributed by atoms with Gasteiger partial charge in [0.25, 0.3) is 0 Å². The molecule has 1 heterocycles. The number of nitrogens with one attached hydrogen (secondary N) is 1. The van der Waals surface area contributed by atoms with Crippen LogP contribution < -0.4 is 4.72 Å². The van der Waals surface area contributed by atoms with E-state index in [2.05, 4.69) is 9.71 Å². The molecule has 10 heteroatoms. The first-order valence-electron chi connectivity index (χ1n) is 9.35. The summed E-state index contributed by atoms with van der Waals surface area (Å²) < 4.78 is 55.0. The van der Waals surface area contributed by atoms with E-state index in [-0.39, 0.29) is 22.4 Å². The van der Waals surface area contributed by atoms with Crippen LogP contribution in [0.2, 0.25) is 0 Å². The Morgan fingerprint density at radius 1 is 1.00 bits per heavy atom. The number of likely N-dealkylation sites (N-methyl/N-ethyl adjacent to an activating group) is 1. The predicted molar refractivity (Wildman–Crippen MR) is 110 cm³/mol. The molecule has 2 aromatic rings. The first-order chi connectivity index (χ1) is 13.7. The van der Waals surface area contributed by atoms with Gasteiger partial charge in [-0.3, -0.25) is 4.98 Å². The van der Waals surface area contributed by atoms with Crippen LogP contribution in [0.1, 0.15) is 18.4 Å². The number of nitrogens with zero attached hydrogens (tertiary/aromatic N) is 3. The van der Waals surface area contributed by atoms with Crippen LogP contribution in [0, 0.1) is 0 Å². The lowest BCUT2D eigenvalue weighted by Crippen LogP contribution is -2.36. The second-order valence-corrected chi connectivity index (χ2v) is 11.0. The highest BCUT2D eigenvalue weighted by Gasteiger charge is 2.29. The average molecular weight is 439 g/mol. The van der Waals surface area contributed by atoms with Crippen molar-refractivity contribution in [2.24, 2.45) is 0 Å². The lowest BCUT2D eigenvalue weighted by molar-refractivity contribution is 0.329. The van der Waals surface area contributed by atoms with E-state index < -0.39 is 20.0 Å². The largest absolute Gasteiger partial charge is 0.308 e. The van der Waals surface area contributed by atoms with Gasteiger partial charge in [-0.2, -0.15) is 4.31 Å². The molecule has 29 heavy (non-hydrogen) atoms. The molecule has 3 rings (SSSR count). The topological polar surface area (TPSA) is 99.7 Å². The molecule has 0 atom stereocenters. The zero-order valence-electron chi connectivity index (χ0n) is 16.5. The molecule has 0 aliphatic heterocycles. The molecule has 1 N–H and O–H groups in total. The number of hydrogen-bond donors (Lipinski definition) is 1. The third-order valence-corrected chi connectivity index (χ3v) is 7.95. The number of sulfonamides is 2. The van der Waals surface area contributed by atoms with E-state index in [1.807, 2.05) is 25.1 Å². The minimum atomic E-state index is -3.80. The Labute approximate surface area is 172 Å². The van der Waals surface area contributed by atoms with Crippen LogP contribution in [0.25, 0.3) is 0 Å². The van der Waals surface area contributed by atoms with E-state index in [9.17, 15) is 16.8 Å². The second kappa shape index (κ2) is 8.88. The quantitative estimate of drug-likeness (QED) is 0.600. The number of rotatable bonds is 10. The zero-order chi connectivity index (χ0) is 21.1. The molecule has 1 aliphatic rings. The van der Waals surface area contributed by atoms with Crippen LogP contribution in [0.5, 0.6) is 0 Å². The Bertz CT molecular complexity index is 1020. The summed E-state index contributed by atoms with van der Waals surface area (Å²) in [6.45, 7) is 1.04. The lowest BCUT2D eigenvalue weighted by Gasteiger charge is -2.24. The molecule has 0 amide bonds. The second-order valence-electron chi connectivity index (χ2n) is 7.37. The highest BCUT2D eigenvalue weighted by molar-refractivity contribution is 7.89. The fourth-order valence-electron chi connectivity index (χ4n) is 2.72. The van der Waals surface area contributed by atoms with Crippen molar-refractivity contribution in [2.45, 2.75) is 35.2 Å². The Kier molecular flexibility index (Phi) is 6.69. The van der Waals surface area contributed by atoms with Crippen LogP contribution in [-0.2, 0) is 26.6 Å². The van der Waals surface area contributed by atoms with E-state index in [1.165, 1.54) is 28.6 Å². The standard InChI is InChI=1S/C19H26N4O4S2/c1-22(2)12-13-23(15-16-4-3-11-20-14-16)29(26,27)19-9-7-18(8-10-19)28(24,25)21-17-5-6-17/h3-4,7-11,14,17,21H,5-6,12-13,15H2,1-2H3. The smallest absolute Gasteiger partial charge is 0.243 e. The van der Waals surface area contributed by atoms with Gasteiger partial charge in [-0.25, -0.2) is 21.6 Å². The van der Waals surface area contributed by atoms with Gasteiger partial charge in [0.1, 0.15) is 0 Å². The number of aromatic nitrogens is 1. The Hall–Kier alpha value is -1.85. The summed E-state index contributed by atoms with van der Waals surface area (Å²) in [6, 6.07) is 8.95. The fraction of sp³-hybridized carbons (Fsp3) is 0.421. The van der Waals surface area contributed by atoms with Gasteiger partial charge in [0.15, 0.2) is 0 Å². The van der Waals surface area contributed by atoms with Crippen molar-refractivity contribution in [3.63, 3.8) is 0 Å². The molecule has 1 aliphatic carbocycles. The van der Waals surface area contributed by atoms with Crippen molar-refractivity contribution in [1.29, 1.82) is 0 Å². The Morgan fingerprint density at radius 2 is 1.66 bits per heavy atom. The predicted octanol–water partition coefficient (Wildman–Crippen LogP) is 1.27. The molecule has 0 radical (unpaired) electrons. The van der Waals surface area contributed by atoms with Crippen molar-refractivity contribution in [2.75, 3.05) is 27.2 Å². The van der Waals surface area contributed by atoms with E-state index in [0.717, 1.165) is 18.4 Å². The summed E-state index contributed by atoms with van der Waals surface area (Å²) in [5, 5.41) is 0. The van der Waals surface area contributed by atoms with Crippen LogP contribution in [0.3, 0.4) is 0 Å². The normalized spacial score (nSPS) is 15.2. The third-order valence-electron chi connectivity index (χ3n) is 4.55. The first-order valence-corrected chi connectivity index (χ1v) is 12.3. The van der Waals surface area contributed by atoms with Gasteiger partial charge in [0.05, 0.1) is 9.79 Å². The average Bonchev–Trinajstić information content (AvgIpc) is 3.49. The van der Waals surface area contributed by atoms with Gasteiger partial charge in [-0.1, -0.05) is 6.07 Å². The van der Waals surface area contributed by atoms with Crippen LogP contribution in [0.4, 0.5) is 0 Å². The maximum atomic E-state index is 13.2. The molecule has 1 aromatic heterocycles. The maximum absolute atomic E-state index is 13.2. The Balaban J connectivity index is 1.84. The Morgan fingerprint density at radius 3 is 2.21 bits per heavy atom. The van der Waals surface area contributed by atoms with Gasteiger partial charge >= 0.3 is 0 Å². The summed E-state index contributed by atoms with van der Waals surface area (Å²) >= 11 is 0. The summed E-state index contributed by atoms with van der Waals surface area (Å²) in [7, 11) is -3.67. The van der Waals surface area contributed by atoms with Crippen molar-refractivity contribution >= 4 is 20.0 Å². The SMILES string of the molecule is CN(C)CCN(Cc1cccnc1)S(=O)(=O)c1ccc(S(=O)(=O)NC2CC2)cc1. The highest BCUT2D eigenvalue weighted by Crippen LogP contribution is 2.24. The number of benzene rings is 1. The van der Waals surface area contributed by atoms with Crippen LogP contribution in [-0.4, -0.2) is 64.3 Å². The molecular formula is C19H26N4O4S2. The zero-order valence-corrected chi connectivity index (χ0v) is 18.2. The van der Waals surface area contributed by atoms with Gasteiger partial charge in [-0.05, 0) is 62.8 Å². The van der Waals surface area contributed by atoms with E-state index in [4.69, 9.17) is 0 Å². The summed E-state index contributed by atoms with van der Waals surface area (Å²) in [4.78, 5) is 6.08. The summed E-state index contributed by atoms with van der Waals surface area (Å²) in [5.41, 5.74) is 0.780. The summed E-state index contributed by atoms with van der Waals surface area (Å²) in [5.74, 6) is 0. The molecule has 1 aromatic carbocycles. The van der Waals surface area contributed by atoms with E-state index >= 15 is 0 Å². The van der Waals surface area contributed by atoms with Crippen molar-refractivity contribution in [3.05, 3.63) is 54.4 Å². The van der Waals surface area contributed by atoms with E-state index in [1.54, 1.807) is 18.5 Å². The maximum Gasteiger partial charge on any atom is 0.243 e. The minimum Gasteiger partial charge on any atom is -0.308 e. The number of pyridine rings is 1. The lowest BCUT2D eigenvalue weighted by atomic mass is 10.3. The third kappa shape index (κ3) is 5.83. The fourth-order valence-corrected chi connectivity index (χ4v) is 5.44. The van der Waals surface area contributed by atoms with E-state index in [0.29, 0.717) is 13.1 Å². The highest BCUT2D eigenvalue weighted by atomic mass is 32.2. The molecule has 1 saturated carbocycles. The van der Waals surface area contributed by atoms with Crippen LogP contribution >= 0.6 is 0 Å². The molecule has 0 bridgehead atoms. The van der Waals surface area contributed by atoms with Gasteiger partial charge < -0.3 is 4.90 Å². The monoisotopic (exact) mass is 438 g/mol. The minimum absolute atomic E-state index is 0.00980. The van der Waals surface area contributed by atoms with Gasteiger partial charge in [0, 0.05) is 38.1 Å². The molecule has 0 saturated heterocycles. The van der Waals surface area contributed by atoms with Crippen molar-refractivity contribution in [1.82, 2.24) is 18.9 Å². The molecule has 158 valence electrons. The summed E-state index contributed by atoms with van der Waals surface area (Å²) in [6.07, 6.45) is 4.94. The van der Waals surface area contributed by atoms with Crippen molar-refractivity contribution in [3.8, 4) is 0 Å². The molecule has 0 spiro atoms. The van der Waals surface area contributed by atoms with Gasteiger partial charge in [0.2, 0.25) is 20.0 Å². The molecule has 0 unspecified atom stereocenters. The molecule has 1 fully saturated rings. The van der Waals surface area contributed by atoms with Gasteiger partial charge in [-0.15, -0.1) is 0 Å². The first kappa shape index (κ1) is 21.8. The number of hydrogen-bond acceptors (Lipinski definition) is 6. The van der Waals surface area contributed by atoms with Crippen LogP contribution in [0.15, 0.2) is 58.6 Å². The molecule has 8 nitrogen and oxygen atoms in total. The molecular weight excluding hydrogens is 412 g/mol.